The highest BCUT2D eigenvalue weighted by Gasteiger charge is 2.28. The number of aryl methyl sites for hydroxylation is 1. The van der Waals surface area contributed by atoms with Gasteiger partial charge in [0, 0.05) is 63.4 Å². The van der Waals surface area contributed by atoms with Crippen LogP contribution >= 0.6 is 0 Å². The molecule has 0 spiro atoms. The van der Waals surface area contributed by atoms with Crippen LogP contribution in [-0.2, 0) is 11.3 Å². The largest absolute Gasteiger partial charge is 0.496 e. The third-order valence-corrected chi connectivity index (χ3v) is 6.34. The third kappa shape index (κ3) is 4.82. The van der Waals surface area contributed by atoms with Crippen molar-refractivity contribution >= 4 is 5.95 Å². The summed E-state index contributed by atoms with van der Waals surface area (Å²) in [4.78, 5) is 22.1. The molecule has 1 saturated heterocycles. The Bertz CT molecular complexity index is 1120. The van der Waals surface area contributed by atoms with E-state index in [0.29, 0.717) is 12.6 Å². The minimum absolute atomic E-state index is 0.171. The highest BCUT2D eigenvalue weighted by Crippen LogP contribution is 2.33. The molecule has 3 heterocycles. The summed E-state index contributed by atoms with van der Waals surface area (Å²) in [5.74, 6) is 1.60. The second-order valence-corrected chi connectivity index (χ2v) is 8.71. The number of anilines is 1. The van der Waals surface area contributed by atoms with Crippen molar-refractivity contribution in [3.8, 4) is 16.9 Å². The molecule has 1 atom stereocenters. The lowest BCUT2D eigenvalue weighted by Crippen LogP contribution is -2.38. The SMILES string of the molecule is COc1cc(C)c(CN2CCO[C@H](c3nc(N(C)C)ncc3-c3cncnc3)C2)c(C)c1C. The summed E-state index contributed by atoms with van der Waals surface area (Å²) in [6, 6.07) is 2.14. The normalized spacial score (nSPS) is 16.6. The van der Waals surface area contributed by atoms with Crippen LogP contribution in [0.4, 0.5) is 5.95 Å². The van der Waals surface area contributed by atoms with Crippen LogP contribution in [0.3, 0.4) is 0 Å². The Labute approximate surface area is 195 Å². The van der Waals surface area contributed by atoms with Gasteiger partial charge in [0.15, 0.2) is 0 Å². The van der Waals surface area contributed by atoms with E-state index in [1.165, 1.54) is 28.6 Å². The quantitative estimate of drug-likeness (QED) is 0.567. The lowest BCUT2D eigenvalue weighted by molar-refractivity contribution is -0.0348. The summed E-state index contributed by atoms with van der Waals surface area (Å²) in [5.41, 5.74) is 7.73. The van der Waals surface area contributed by atoms with Gasteiger partial charge in [-0.25, -0.2) is 19.9 Å². The molecule has 1 aliphatic heterocycles. The highest BCUT2D eigenvalue weighted by molar-refractivity contribution is 5.64. The topological polar surface area (TPSA) is 76.5 Å². The standard InChI is InChI=1S/C25H32N6O2/c1-16-9-22(32-6)18(3)17(2)21(16)13-31-7-8-33-23(14-31)24-20(19-10-26-15-27-11-19)12-28-25(29-24)30(4)5/h9-12,15,23H,7-8,13-14H2,1-6H3/t23-/m0/s1. The zero-order valence-corrected chi connectivity index (χ0v) is 20.3. The molecule has 0 saturated carbocycles. The minimum atomic E-state index is -0.171. The average molecular weight is 449 g/mol. The summed E-state index contributed by atoms with van der Waals surface area (Å²) in [6.45, 7) is 9.58. The number of hydrogen-bond donors (Lipinski definition) is 0. The van der Waals surface area contributed by atoms with Crippen molar-refractivity contribution in [3.63, 3.8) is 0 Å². The summed E-state index contributed by atoms with van der Waals surface area (Å²) in [5, 5.41) is 0. The second-order valence-electron chi connectivity index (χ2n) is 8.71. The number of ether oxygens (including phenoxy) is 2. The summed E-state index contributed by atoms with van der Waals surface area (Å²) in [7, 11) is 5.61. The lowest BCUT2D eigenvalue weighted by Gasteiger charge is -2.34. The van der Waals surface area contributed by atoms with E-state index in [2.05, 4.69) is 46.7 Å². The second kappa shape index (κ2) is 9.80. The van der Waals surface area contributed by atoms with Gasteiger partial charge in [0.2, 0.25) is 5.95 Å². The van der Waals surface area contributed by atoms with Gasteiger partial charge >= 0.3 is 0 Å². The fraction of sp³-hybridized carbons (Fsp3) is 0.440. The highest BCUT2D eigenvalue weighted by atomic mass is 16.5. The summed E-state index contributed by atoms with van der Waals surface area (Å²) in [6.07, 6.45) is 6.78. The molecule has 0 radical (unpaired) electrons. The molecule has 8 heteroatoms. The Hall–Kier alpha value is -3.10. The van der Waals surface area contributed by atoms with Crippen molar-refractivity contribution < 1.29 is 9.47 Å². The predicted octanol–water partition coefficient (Wildman–Crippen LogP) is 3.51. The fourth-order valence-corrected chi connectivity index (χ4v) is 4.30. The minimum Gasteiger partial charge on any atom is -0.496 e. The van der Waals surface area contributed by atoms with Crippen LogP contribution in [0.5, 0.6) is 5.75 Å². The van der Waals surface area contributed by atoms with Gasteiger partial charge in [-0.05, 0) is 49.1 Å². The van der Waals surface area contributed by atoms with Crippen molar-refractivity contribution in [2.24, 2.45) is 0 Å². The molecular weight excluding hydrogens is 416 g/mol. The number of aromatic nitrogens is 4. The number of morpholine rings is 1. The first-order valence-corrected chi connectivity index (χ1v) is 11.2. The molecule has 33 heavy (non-hydrogen) atoms. The first-order chi connectivity index (χ1) is 15.9. The van der Waals surface area contributed by atoms with Crippen molar-refractivity contribution in [1.29, 1.82) is 0 Å². The molecule has 2 aromatic heterocycles. The van der Waals surface area contributed by atoms with Crippen LogP contribution in [0.1, 0.15) is 34.1 Å². The number of methoxy groups -OCH3 is 1. The van der Waals surface area contributed by atoms with E-state index in [1.807, 2.05) is 25.2 Å². The Morgan fingerprint density at radius 2 is 1.88 bits per heavy atom. The molecule has 174 valence electrons. The molecule has 4 rings (SSSR count). The zero-order valence-electron chi connectivity index (χ0n) is 20.3. The Kier molecular flexibility index (Phi) is 6.85. The van der Waals surface area contributed by atoms with E-state index >= 15 is 0 Å². The van der Waals surface area contributed by atoms with Crippen molar-refractivity contribution in [2.75, 3.05) is 45.8 Å². The maximum atomic E-state index is 6.24. The number of rotatable bonds is 6. The van der Waals surface area contributed by atoms with Crippen LogP contribution in [0.2, 0.25) is 0 Å². The molecule has 0 unspecified atom stereocenters. The van der Waals surface area contributed by atoms with Gasteiger partial charge in [-0.3, -0.25) is 4.90 Å². The molecule has 0 N–H and O–H groups in total. The van der Waals surface area contributed by atoms with Crippen molar-refractivity contribution in [2.45, 2.75) is 33.4 Å². The zero-order chi connectivity index (χ0) is 23.5. The molecular formula is C25H32N6O2. The van der Waals surface area contributed by atoms with Crippen LogP contribution in [0.25, 0.3) is 11.1 Å². The summed E-state index contributed by atoms with van der Waals surface area (Å²) < 4.78 is 11.8. The van der Waals surface area contributed by atoms with Crippen LogP contribution in [0, 0.1) is 20.8 Å². The fourth-order valence-electron chi connectivity index (χ4n) is 4.30. The smallest absolute Gasteiger partial charge is 0.225 e. The van der Waals surface area contributed by atoms with Gasteiger partial charge in [-0.15, -0.1) is 0 Å². The first kappa shape index (κ1) is 23.1. The van der Waals surface area contributed by atoms with Gasteiger partial charge in [-0.1, -0.05) is 0 Å². The van der Waals surface area contributed by atoms with E-state index < -0.39 is 0 Å². The average Bonchev–Trinajstić information content (AvgIpc) is 2.84. The van der Waals surface area contributed by atoms with Crippen molar-refractivity contribution in [3.05, 3.63) is 58.9 Å². The van der Waals surface area contributed by atoms with Crippen LogP contribution in [0.15, 0.2) is 31.0 Å². The summed E-state index contributed by atoms with van der Waals surface area (Å²) >= 11 is 0. The van der Waals surface area contributed by atoms with Gasteiger partial charge < -0.3 is 14.4 Å². The number of benzene rings is 1. The van der Waals surface area contributed by atoms with E-state index in [1.54, 1.807) is 19.5 Å². The Morgan fingerprint density at radius 1 is 1.12 bits per heavy atom. The molecule has 3 aromatic rings. The van der Waals surface area contributed by atoms with E-state index in [4.69, 9.17) is 14.5 Å². The molecule has 8 nitrogen and oxygen atoms in total. The number of nitrogens with zero attached hydrogens (tertiary/aromatic N) is 6. The first-order valence-electron chi connectivity index (χ1n) is 11.2. The van der Waals surface area contributed by atoms with E-state index in [0.717, 1.165) is 42.2 Å². The molecule has 0 bridgehead atoms. The van der Waals surface area contributed by atoms with Crippen molar-refractivity contribution in [1.82, 2.24) is 24.8 Å². The van der Waals surface area contributed by atoms with Crippen LogP contribution < -0.4 is 9.64 Å². The number of hydrogen-bond acceptors (Lipinski definition) is 8. The molecule has 1 fully saturated rings. The monoisotopic (exact) mass is 448 g/mol. The predicted molar refractivity (Wildman–Crippen MR) is 129 cm³/mol. The van der Waals surface area contributed by atoms with Crippen LogP contribution in [-0.4, -0.2) is 65.7 Å². The van der Waals surface area contributed by atoms with E-state index in [9.17, 15) is 0 Å². The van der Waals surface area contributed by atoms with E-state index in [-0.39, 0.29) is 6.10 Å². The molecule has 1 aromatic carbocycles. The molecule has 1 aliphatic rings. The maximum absolute atomic E-state index is 6.24. The molecule has 0 aliphatic carbocycles. The van der Waals surface area contributed by atoms with Gasteiger partial charge in [0.05, 0.1) is 19.4 Å². The molecule has 0 amide bonds. The third-order valence-electron chi connectivity index (χ3n) is 6.34. The van der Waals surface area contributed by atoms with Gasteiger partial charge in [-0.2, -0.15) is 0 Å². The van der Waals surface area contributed by atoms with Gasteiger partial charge in [0.25, 0.3) is 0 Å². The Balaban J connectivity index is 1.64. The lowest BCUT2D eigenvalue weighted by atomic mass is 9.96. The Morgan fingerprint density at radius 3 is 2.58 bits per heavy atom. The van der Waals surface area contributed by atoms with Gasteiger partial charge in [0.1, 0.15) is 18.2 Å². The maximum Gasteiger partial charge on any atom is 0.225 e.